The molecule has 0 unspecified atom stereocenters. The molecule has 11 aromatic rings. The van der Waals surface area contributed by atoms with Crippen LogP contribution in [0.25, 0.3) is 86.9 Å². The average Bonchev–Trinajstić information content (AvgIpc) is 3.96. The fourth-order valence-electron chi connectivity index (χ4n) is 11.6. The van der Waals surface area contributed by atoms with Gasteiger partial charge in [0.25, 0.3) is 0 Å². The average molecular weight is 888 g/mol. The molecule has 1 aromatic heterocycles. The maximum atomic E-state index is 2.46. The highest BCUT2D eigenvalue weighted by atomic mass is 32.1. The summed E-state index contributed by atoms with van der Waals surface area (Å²) in [6.45, 7) is 9.53. The molecule has 1 nitrogen and oxygen atoms in total. The molecule has 0 bridgehead atoms. The number of hydrogen-bond donors (Lipinski definition) is 0. The van der Waals surface area contributed by atoms with E-state index in [1.807, 2.05) is 11.3 Å². The fourth-order valence-corrected chi connectivity index (χ4v) is 12.7. The van der Waals surface area contributed by atoms with Gasteiger partial charge in [0, 0.05) is 48.1 Å². The van der Waals surface area contributed by atoms with E-state index in [0.717, 1.165) is 17.1 Å². The Bertz CT molecular complexity index is 3780. The van der Waals surface area contributed by atoms with E-state index in [0.29, 0.717) is 0 Å². The number of anilines is 3. The second-order valence-corrected chi connectivity index (χ2v) is 20.8. The van der Waals surface area contributed by atoms with Gasteiger partial charge in [0.1, 0.15) is 0 Å². The van der Waals surface area contributed by atoms with Crippen LogP contribution in [0, 0.1) is 0 Å². The van der Waals surface area contributed by atoms with E-state index < -0.39 is 0 Å². The van der Waals surface area contributed by atoms with Crippen LogP contribution in [-0.4, -0.2) is 0 Å². The third-order valence-electron chi connectivity index (χ3n) is 15.1. The minimum absolute atomic E-state index is 0.129. The lowest BCUT2D eigenvalue weighted by atomic mass is 9.80. The highest BCUT2D eigenvalue weighted by Gasteiger charge is 2.38. The van der Waals surface area contributed by atoms with Crippen LogP contribution in [0.3, 0.4) is 0 Å². The second-order valence-electron chi connectivity index (χ2n) is 19.7. The van der Waals surface area contributed by atoms with Crippen LogP contribution in [-0.2, 0) is 10.8 Å². The lowest BCUT2D eigenvalue weighted by molar-refractivity contribution is 0.660. The zero-order chi connectivity index (χ0) is 45.7. The molecule has 324 valence electrons. The van der Waals surface area contributed by atoms with Gasteiger partial charge in [-0.2, -0.15) is 0 Å². The Kier molecular flexibility index (Phi) is 9.16. The van der Waals surface area contributed by atoms with Crippen molar-refractivity contribution in [2.24, 2.45) is 0 Å². The lowest BCUT2D eigenvalue weighted by Gasteiger charge is -2.28. The fraction of sp³-hybridized carbons (Fsp3) is 0.0909. The molecule has 0 radical (unpaired) electrons. The minimum Gasteiger partial charge on any atom is -0.310 e. The Morgan fingerprint density at radius 2 is 0.868 bits per heavy atom. The molecule has 13 rings (SSSR count). The van der Waals surface area contributed by atoms with Gasteiger partial charge in [0.2, 0.25) is 0 Å². The Morgan fingerprint density at radius 1 is 0.309 bits per heavy atom. The number of hydrogen-bond acceptors (Lipinski definition) is 2. The number of rotatable bonds is 7. The van der Waals surface area contributed by atoms with Crippen molar-refractivity contribution < 1.29 is 0 Å². The van der Waals surface area contributed by atoms with Crippen LogP contribution in [0.1, 0.15) is 49.9 Å². The van der Waals surface area contributed by atoms with E-state index in [1.165, 1.54) is 109 Å². The van der Waals surface area contributed by atoms with Crippen LogP contribution >= 0.6 is 11.3 Å². The summed E-state index contributed by atoms with van der Waals surface area (Å²) in [6.07, 6.45) is 0. The van der Waals surface area contributed by atoms with Crippen LogP contribution in [0.2, 0.25) is 0 Å². The van der Waals surface area contributed by atoms with Crippen molar-refractivity contribution in [3.05, 3.63) is 247 Å². The topological polar surface area (TPSA) is 3.24 Å². The molecule has 0 spiro atoms. The van der Waals surface area contributed by atoms with Crippen molar-refractivity contribution in [2.75, 3.05) is 4.90 Å². The van der Waals surface area contributed by atoms with Gasteiger partial charge in [-0.15, -0.1) is 11.3 Å². The van der Waals surface area contributed by atoms with Gasteiger partial charge in [0.05, 0.1) is 0 Å². The summed E-state index contributed by atoms with van der Waals surface area (Å²) >= 11 is 1.87. The minimum atomic E-state index is -0.175. The van der Waals surface area contributed by atoms with E-state index in [4.69, 9.17) is 0 Å². The van der Waals surface area contributed by atoms with E-state index in [1.54, 1.807) is 0 Å². The summed E-state index contributed by atoms with van der Waals surface area (Å²) in [4.78, 5) is 2.46. The van der Waals surface area contributed by atoms with Crippen molar-refractivity contribution in [2.45, 2.75) is 38.5 Å². The Morgan fingerprint density at radius 3 is 1.69 bits per heavy atom. The highest BCUT2D eigenvalue weighted by Crippen LogP contribution is 2.55. The van der Waals surface area contributed by atoms with Crippen LogP contribution in [0.15, 0.2) is 224 Å². The van der Waals surface area contributed by atoms with E-state index in [9.17, 15) is 0 Å². The quantitative estimate of drug-likeness (QED) is 0.154. The normalized spacial score (nSPS) is 13.8. The Hall–Kier alpha value is -7.78. The molecule has 0 aliphatic heterocycles. The van der Waals surface area contributed by atoms with Gasteiger partial charge in [0.15, 0.2) is 0 Å². The first-order valence-electron chi connectivity index (χ1n) is 23.8. The summed E-state index contributed by atoms with van der Waals surface area (Å²) < 4.78 is 2.64. The first kappa shape index (κ1) is 40.5. The molecular formula is C66H49NS. The summed E-state index contributed by atoms with van der Waals surface area (Å²) in [5.74, 6) is 0. The summed E-state index contributed by atoms with van der Waals surface area (Å²) in [5.41, 5.74) is 23.7. The number of nitrogens with zero attached hydrogens (tertiary/aromatic N) is 1. The van der Waals surface area contributed by atoms with Crippen molar-refractivity contribution in [1.29, 1.82) is 0 Å². The van der Waals surface area contributed by atoms with E-state index in [-0.39, 0.29) is 10.8 Å². The summed E-state index contributed by atoms with van der Waals surface area (Å²) in [6, 6.07) is 83.8. The lowest BCUT2D eigenvalue weighted by Crippen LogP contribution is -2.16. The van der Waals surface area contributed by atoms with Gasteiger partial charge in [-0.25, -0.2) is 0 Å². The van der Waals surface area contributed by atoms with Gasteiger partial charge < -0.3 is 4.90 Å². The van der Waals surface area contributed by atoms with Gasteiger partial charge in [-0.3, -0.25) is 0 Å². The first-order valence-corrected chi connectivity index (χ1v) is 24.6. The second kappa shape index (κ2) is 15.4. The zero-order valence-corrected chi connectivity index (χ0v) is 39.5. The number of benzene rings is 10. The maximum absolute atomic E-state index is 2.46. The zero-order valence-electron chi connectivity index (χ0n) is 38.7. The third-order valence-corrected chi connectivity index (χ3v) is 16.2. The van der Waals surface area contributed by atoms with Gasteiger partial charge >= 0.3 is 0 Å². The largest absolute Gasteiger partial charge is 0.310 e. The molecule has 0 saturated heterocycles. The van der Waals surface area contributed by atoms with Gasteiger partial charge in [-0.1, -0.05) is 185 Å². The molecule has 2 heteroatoms. The number of thiophene rings is 1. The van der Waals surface area contributed by atoms with Crippen LogP contribution < -0.4 is 4.90 Å². The molecule has 0 atom stereocenters. The van der Waals surface area contributed by atoms with Crippen LogP contribution in [0.5, 0.6) is 0 Å². The van der Waals surface area contributed by atoms with Crippen molar-refractivity contribution in [3.63, 3.8) is 0 Å². The molecule has 2 aliphatic carbocycles. The molecule has 2 aliphatic rings. The van der Waals surface area contributed by atoms with Crippen molar-refractivity contribution >= 4 is 48.6 Å². The molecule has 68 heavy (non-hydrogen) atoms. The third kappa shape index (κ3) is 6.28. The monoisotopic (exact) mass is 887 g/mol. The molecule has 10 aromatic carbocycles. The number of fused-ring (bicyclic) bond motifs is 9. The molecule has 1 heterocycles. The standard InChI is InChI=1S/C66H49NS/c1-65(2)57-26-13-11-23-52(57)53-35-34-50(41-59(53)65)67(48-32-29-44(30-33-48)51-25-16-28-62-64(51)54-24-12-14-27-61(54)68-62)49-22-15-21-45(37-49)46-31-36-58-56(38-46)63-55(43-19-9-6-10-20-43)39-47(40-60(63)66(58,3)4)42-17-7-5-8-18-42/h5-41H,1-4H3. The van der Waals surface area contributed by atoms with Crippen LogP contribution in [0.4, 0.5) is 17.1 Å². The molecule has 0 amide bonds. The Labute approximate surface area is 403 Å². The summed E-state index contributed by atoms with van der Waals surface area (Å²) in [7, 11) is 0. The smallest absolute Gasteiger partial charge is 0.0467 e. The Balaban J connectivity index is 0.952. The maximum Gasteiger partial charge on any atom is 0.0467 e. The van der Waals surface area contributed by atoms with Gasteiger partial charge in [-0.05, 0) is 156 Å². The first-order chi connectivity index (χ1) is 33.2. The van der Waals surface area contributed by atoms with E-state index in [2.05, 4.69) is 257 Å². The summed E-state index contributed by atoms with van der Waals surface area (Å²) in [5, 5.41) is 2.65. The molecule has 0 fully saturated rings. The molecule has 0 saturated carbocycles. The van der Waals surface area contributed by atoms with E-state index >= 15 is 0 Å². The highest BCUT2D eigenvalue weighted by molar-refractivity contribution is 7.25. The van der Waals surface area contributed by atoms with Crippen molar-refractivity contribution in [1.82, 2.24) is 0 Å². The molecular weight excluding hydrogens is 839 g/mol. The SMILES string of the molecule is CC1(C)c2ccccc2-c2ccc(N(c3ccc(-c4cccc5sc6ccccc6c45)cc3)c3cccc(-c4ccc5c(c4)-c4c(-c6ccccc6)cc(-c6ccccc6)cc4C5(C)C)c3)cc21. The van der Waals surface area contributed by atoms with Crippen molar-refractivity contribution in [3.8, 4) is 66.8 Å². The predicted octanol–water partition coefficient (Wildman–Crippen LogP) is 18.8. The predicted molar refractivity (Wildman–Crippen MR) is 291 cm³/mol. The molecule has 0 N–H and O–H groups in total.